The van der Waals surface area contributed by atoms with Crippen LogP contribution in [0.25, 0.3) is 22.1 Å². The van der Waals surface area contributed by atoms with Crippen molar-refractivity contribution in [2.75, 3.05) is 11.1 Å². The monoisotopic (exact) mass is 390 g/mol. The van der Waals surface area contributed by atoms with Gasteiger partial charge in [-0.05, 0) is 55.0 Å². The molecule has 29 heavy (non-hydrogen) atoms. The molecule has 5 N–H and O–H groups in total. The third-order valence-corrected chi connectivity index (χ3v) is 5.23. The predicted molar refractivity (Wildman–Crippen MR) is 117 cm³/mol. The number of nitrogens with one attached hydrogen (secondary N) is 2. The zero-order chi connectivity index (χ0) is 20.4. The molecule has 0 aliphatic heterocycles. The Morgan fingerprint density at radius 2 is 2.03 bits per heavy atom. The minimum atomic E-state index is 0.0417. The number of nitrogens with two attached hydrogens (primary N) is 1. The molecule has 0 saturated heterocycles. The van der Waals surface area contributed by atoms with Crippen molar-refractivity contribution in [3.05, 3.63) is 53.9 Å². The molecule has 1 aliphatic rings. The summed E-state index contributed by atoms with van der Waals surface area (Å²) < 4.78 is 0. The van der Waals surface area contributed by atoms with Gasteiger partial charge in [0.2, 0.25) is 0 Å². The maximum absolute atomic E-state index is 8.62. The minimum absolute atomic E-state index is 0.0417. The molecule has 5 rings (SSSR count). The van der Waals surface area contributed by atoms with Crippen molar-refractivity contribution in [2.45, 2.75) is 39.3 Å². The number of benzene rings is 1. The molecule has 7 nitrogen and oxygen atoms in total. The highest BCUT2D eigenvalue weighted by molar-refractivity contribution is 5.86. The SMILES string of the molecule is CC1CC(O)C1.Cc1c[nH]c2cccc(CNc3cnc4ccc(N)nc4n3)c12. The number of fused-ring (bicyclic) bond motifs is 2. The summed E-state index contributed by atoms with van der Waals surface area (Å²) in [5.74, 6) is 1.91. The number of aliphatic hydroxyl groups is 1. The van der Waals surface area contributed by atoms with Crippen LogP contribution >= 0.6 is 0 Å². The Hall–Kier alpha value is -3.19. The molecule has 0 radical (unpaired) electrons. The normalized spacial score (nSPS) is 18.2. The second kappa shape index (κ2) is 8.05. The fraction of sp³-hybridized carbons (Fsp3) is 0.318. The number of anilines is 2. The lowest BCUT2D eigenvalue weighted by Gasteiger charge is -2.27. The van der Waals surface area contributed by atoms with Crippen LogP contribution in [0.3, 0.4) is 0 Å². The minimum Gasteiger partial charge on any atom is -0.393 e. The summed E-state index contributed by atoms with van der Waals surface area (Å²) in [6.07, 6.45) is 5.83. The van der Waals surface area contributed by atoms with Gasteiger partial charge in [-0.2, -0.15) is 0 Å². The number of aromatic nitrogens is 4. The van der Waals surface area contributed by atoms with E-state index < -0.39 is 0 Å². The van der Waals surface area contributed by atoms with E-state index in [9.17, 15) is 0 Å². The van der Waals surface area contributed by atoms with E-state index in [1.165, 1.54) is 16.5 Å². The number of H-pyrrole nitrogens is 1. The summed E-state index contributed by atoms with van der Waals surface area (Å²) in [6, 6.07) is 9.77. The quantitative estimate of drug-likeness (QED) is 0.423. The van der Waals surface area contributed by atoms with Gasteiger partial charge in [0.25, 0.3) is 0 Å². The van der Waals surface area contributed by atoms with E-state index in [4.69, 9.17) is 10.8 Å². The van der Waals surface area contributed by atoms with Crippen molar-refractivity contribution in [3.8, 4) is 0 Å². The highest BCUT2D eigenvalue weighted by Crippen LogP contribution is 2.25. The fourth-order valence-electron chi connectivity index (χ4n) is 3.63. The van der Waals surface area contributed by atoms with Crippen LogP contribution in [0.1, 0.15) is 30.9 Å². The summed E-state index contributed by atoms with van der Waals surface area (Å²) in [6.45, 7) is 4.93. The van der Waals surface area contributed by atoms with Crippen LogP contribution in [0.5, 0.6) is 0 Å². The Bertz CT molecular complexity index is 1130. The van der Waals surface area contributed by atoms with Crippen LogP contribution in [-0.2, 0) is 6.54 Å². The van der Waals surface area contributed by atoms with Crippen LogP contribution in [0, 0.1) is 12.8 Å². The number of nitrogens with zero attached hydrogens (tertiary/aromatic N) is 3. The van der Waals surface area contributed by atoms with Crippen molar-refractivity contribution in [1.29, 1.82) is 0 Å². The van der Waals surface area contributed by atoms with Crippen molar-refractivity contribution in [2.24, 2.45) is 5.92 Å². The van der Waals surface area contributed by atoms with Crippen LogP contribution in [0.15, 0.2) is 42.7 Å². The topological polar surface area (TPSA) is 113 Å². The third kappa shape index (κ3) is 4.30. The number of nitrogen functional groups attached to an aromatic ring is 1. The number of aliphatic hydroxyl groups excluding tert-OH is 1. The van der Waals surface area contributed by atoms with Crippen molar-refractivity contribution in [3.63, 3.8) is 0 Å². The van der Waals surface area contributed by atoms with Crippen LogP contribution in [0.4, 0.5) is 11.6 Å². The molecule has 3 heterocycles. The average Bonchev–Trinajstić information content (AvgIpc) is 3.07. The summed E-state index contributed by atoms with van der Waals surface area (Å²) in [5, 5.41) is 13.2. The lowest BCUT2D eigenvalue weighted by atomic mass is 9.84. The van der Waals surface area contributed by atoms with Crippen molar-refractivity contribution in [1.82, 2.24) is 19.9 Å². The van der Waals surface area contributed by atoms with Crippen molar-refractivity contribution >= 4 is 33.7 Å². The van der Waals surface area contributed by atoms with E-state index in [0.717, 1.165) is 29.8 Å². The first-order chi connectivity index (χ1) is 14.0. The molecule has 0 amide bonds. The van der Waals surface area contributed by atoms with E-state index in [1.807, 2.05) is 18.3 Å². The summed E-state index contributed by atoms with van der Waals surface area (Å²) in [7, 11) is 0. The van der Waals surface area contributed by atoms with E-state index >= 15 is 0 Å². The summed E-state index contributed by atoms with van der Waals surface area (Å²) in [5.41, 5.74) is 10.6. The molecule has 1 aromatic carbocycles. The van der Waals surface area contributed by atoms with Gasteiger partial charge in [-0.15, -0.1) is 0 Å². The number of hydrogen-bond donors (Lipinski definition) is 4. The van der Waals surface area contributed by atoms with Gasteiger partial charge in [0.1, 0.15) is 17.2 Å². The Kier molecular flexibility index (Phi) is 5.31. The maximum atomic E-state index is 8.62. The highest BCUT2D eigenvalue weighted by Gasteiger charge is 2.21. The highest BCUT2D eigenvalue weighted by atomic mass is 16.3. The molecule has 0 unspecified atom stereocenters. The molecule has 1 saturated carbocycles. The van der Waals surface area contributed by atoms with Crippen LogP contribution < -0.4 is 11.1 Å². The second-order valence-corrected chi connectivity index (χ2v) is 7.73. The van der Waals surface area contributed by atoms with Gasteiger partial charge in [-0.25, -0.2) is 15.0 Å². The molecule has 0 atom stereocenters. The first-order valence-electron chi connectivity index (χ1n) is 9.86. The molecule has 150 valence electrons. The van der Waals surface area contributed by atoms with E-state index in [-0.39, 0.29) is 6.10 Å². The lowest BCUT2D eigenvalue weighted by molar-refractivity contribution is 0.0513. The van der Waals surface area contributed by atoms with Crippen molar-refractivity contribution < 1.29 is 5.11 Å². The number of aryl methyl sites for hydroxylation is 1. The first kappa shape index (κ1) is 19.1. The number of hydrogen-bond acceptors (Lipinski definition) is 6. The summed E-state index contributed by atoms with van der Waals surface area (Å²) in [4.78, 5) is 16.3. The van der Waals surface area contributed by atoms with E-state index in [2.05, 4.69) is 51.2 Å². The van der Waals surface area contributed by atoms with E-state index in [1.54, 1.807) is 12.3 Å². The molecule has 3 aromatic heterocycles. The maximum Gasteiger partial charge on any atom is 0.182 e. The van der Waals surface area contributed by atoms with Gasteiger partial charge >= 0.3 is 0 Å². The van der Waals surface area contributed by atoms with Gasteiger partial charge in [-0.3, -0.25) is 0 Å². The van der Waals surface area contributed by atoms with Gasteiger partial charge in [0.05, 0.1) is 12.3 Å². The van der Waals surface area contributed by atoms with Crippen LogP contribution in [0.2, 0.25) is 0 Å². The molecular formula is C22H26N6O. The number of aromatic amines is 1. The zero-order valence-electron chi connectivity index (χ0n) is 16.7. The first-order valence-corrected chi connectivity index (χ1v) is 9.86. The van der Waals surface area contributed by atoms with Gasteiger partial charge < -0.3 is 21.1 Å². The molecule has 4 aromatic rings. The molecule has 0 spiro atoms. The Balaban J connectivity index is 0.000000294. The lowest BCUT2D eigenvalue weighted by Crippen LogP contribution is -2.25. The fourth-order valence-corrected chi connectivity index (χ4v) is 3.63. The zero-order valence-corrected chi connectivity index (χ0v) is 16.7. The standard InChI is InChI=1S/C17H16N6.C5H10O/c1-10-7-19-12-4-2-3-11(16(10)12)8-21-15-9-20-13-5-6-14(18)22-17(13)23-15;1-4-2-5(6)3-4/h2-7,9,19H,8H2,1H3,(H3,18,21,22,23);4-6H,2-3H2,1H3. The van der Waals surface area contributed by atoms with Gasteiger partial charge in [-0.1, -0.05) is 19.1 Å². The van der Waals surface area contributed by atoms with Gasteiger partial charge in [0, 0.05) is 23.6 Å². The number of pyridine rings is 1. The molecular weight excluding hydrogens is 364 g/mol. The predicted octanol–water partition coefficient (Wildman–Crippen LogP) is 3.79. The Morgan fingerprint density at radius 3 is 2.76 bits per heavy atom. The molecule has 1 aliphatic carbocycles. The molecule has 0 bridgehead atoms. The molecule has 1 fully saturated rings. The Labute approximate surface area is 169 Å². The second-order valence-electron chi connectivity index (χ2n) is 7.73. The third-order valence-electron chi connectivity index (χ3n) is 5.23. The Morgan fingerprint density at radius 1 is 1.21 bits per heavy atom. The van der Waals surface area contributed by atoms with E-state index in [0.29, 0.717) is 23.8 Å². The smallest absolute Gasteiger partial charge is 0.182 e. The van der Waals surface area contributed by atoms with Gasteiger partial charge in [0.15, 0.2) is 5.65 Å². The largest absolute Gasteiger partial charge is 0.393 e. The average molecular weight is 390 g/mol. The molecule has 7 heteroatoms. The summed E-state index contributed by atoms with van der Waals surface area (Å²) >= 11 is 0. The van der Waals surface area contributed by atoms with Crippen LogP contribution in [-0.4, -0.2) is 31.1 Å². The number of rotatable bonds is 3.